The summed E-state index contributed by atoms with van der Waals surface area (Å²) in [6.45, 7) is 3.03. The third-order valence-electron chi connectivity index (χ3n) is 3.87. The highest BCUT2D eigenvalue weighted by Crippen LogP contribution is 2.37. The van der Waals surface area contributed by atoms with E-state index in [9.17, 15) is 9.90 Å². The number of aliphatic carboxylic acids is 1. The van der Waals surface area contributed by atoms with Gasteiger partial charge in [-0.3, -0.25) is 4.79 Å². The van der Waals surface area contributed by atoms with Crippen LogP contribution in [0.4, 0.5) is 0 Å². The monoisotopic (exact) mass is 264 g/mol. The van der Waals surface area contributed by atoms with Gasteiger partial charge in [-0.2, -0.15) is 0 Å². The summed E-state index contributed by atoms with van der Waals surface area (Å²) in [5.41, 5.74) is 1.36. The highest BCUT2D eigenvalue weighted by atomic mass is 16.5. The highest BCUT2D eigenvalue weighted by molar-refractivity contribution is 5.75. The van der Waals surface area contributed by atoms with Crippen molar-refractivity contribution in [2.24, 2.45) is 5.41 Å². The number of hydrogen-bond acceptors (Lipinski definition) is 3. The Balaban J connectivity index is 2.31. The van der Waals surface area contributed by atoms with E-state index in [1.807, 2.05) is 25.1 Å². The summed E-state index contributed by atoms with van der Waals surface area (Å²) in [6.07, 6.45) is 1.61. The molecule has 19 heavy (non-hydrogen) atoms. The summed E-state index contributed by atoms with van der Waals surface area (Å²) in [5, 5.41) is 9.59. The van der Waals surface area contributed by atoms with Crippen LogP contribution in [0.3, 0.4) is 0 Å². The van der Waals surface area contributed by atoms with Gasteiger partial charge in [0.15, 0.2) is 0 Å². The van der Waals surface area contributed by atoms with E-state index in [4.69, 9.17) is 9.47 Å². The minimum absolute atomic E-state index is 0.497. The number of hydrogen-bond donors (Lipinski definition) is 1. The molecule has 1 aliphatic heterocycles. The van der Waals surface area contributed by atoms with Gasteiger partial charge in [-0.05, 0) is 37.8 Å². The molecule has 0 bridgehead atoms. The topological polar surface area (TPSA) is 55.8 Å². The predicted octanol–water partition coefficient (Wildman–Crippen LogP) is 2.43. The Morgan fingerprint density at radius 3 is 2.68 bits per heavy atom. The lowest BCUT2D eigenvalue weighted by Crippen LogP contribution is -2.39. The minimum Gasteiger partial charge on any atom is -0.496 e. The molecule has 104 valence electrons. The van der Waals surface area contributed by atoms with Crippen LogP contribution in [0.2, 0.25) is 0 Å². The SMILES string of the molecule is COc1ccc(C)cc1CC1(C(=O)O)CCOCC1. The maximum atomic E-state index is 11.7. The highest BCUT2D eigenvalue weighted by Gasteiger charge is 2.40. The van der Waals surface area contributed by atoms with Gasteiger partial charge in [0.05, 0.1) is 12.5 Å². The van der Waals surface area contributed by atoms with Crippen molar-refractivity contribution in [1.82, 2.24) is 0 Å². The van der Waals surface area contributed by atoms with E-state index in [1.165, 1.54) is 0 Å². The fourth-order valence-corrected chi connectivity index (χ4v) is 2.64. The Morgan fingerprint density at radius 1 is 1.42 bits per heavy atom. The molecule has 4 heteroatoms. The largest absolute Gasteiger partial charge is 0.496 e. The molecule has 1 N–H and O–H groups in total. The zero-order valence-corrected chi connectivity index (χ0v) is 11.4. The standard InChI is InChI=1S/C15H20O4/c1-11-3-4-13(18-2)12(9-11)10-15(14(16)17)5-7-19-8-6-15/h3-4,9H,5-8,10H2,1-2H3,(H,16,17). The molecule has 0 saturated carbocycles. The van der Waals surface area contributed by atoms with Crippen LogP contribution in [0.5, 0.6) is 5.75 Å². The van der Waals surface area contributed by atoms with Gasteiger partial charge in [0.2, 0.25) is 0 Å². The number of aryl methyl sites for hydroxylation is 1. The maximum Gasteiger partial charge on any atom is 0.310 e. The van der Waals surface area contributed by atoms with Crippen molar-refractivity contribution >= 4 is 5.97 Å². The van der Waals surface area contributed by atoms with Crippen LogP contribution in [-0.2, 0) is 16.0 Å². The summed E-state index contributed by atoms with van der Waals surface area (Å²) in [5.74, 6) is 0.0251. The third kappa shape index (κ3) is 2.89. The average Bonchev–Trinajstić information content (AvgIpc) is 2.40. The van der Waals surface area contributed by atoms with Gasteiger partial charge in [-0.25, -0.2) is 0 Å². The molecular formula is C15H20O4. The number of methoxy groups -OCH3 is 1. The van der Waals surface area contributed by atoms with Crippen molar-refractivity contribution < 1.29 is 19.4 Å². The van der Waals surface area contributed by atoms with Gasteiger partial charge in [0, 0.05) is 13.2 Å². The summed E-state index contributed by atoms with van der Waals surface area (Å²) in [6, 6.07) is 5.89. The van der Waals surface area contributed by atoms with Gasteiger partial charge in [-0.1, -0.05) is 17.7 Å². The first-order valence-electron chi connectivity index (χ1n) is 6.52. The molecule has 2 rings (SSSR count). The number of carboxylic acids is 1. The summed E-state index contributed by atoms with van der Waals surface area (Å²) >= 11 is 0. The Hall–Kier alpha value is -1.55. The number of rotatable bonds is 4. The Kier molecular flexibility index (Phi) is 4.10. The molecular weight excluding hydrogens is 244 g/mol. The normalized spacial score (nSPS) is 18.0. The van der Waals surface area contributed by atoms with E-state index >= 15 is 0 Å². The number of carbonyl (C=O) groups is 1. The Morgan fingerprint density at radius 2 is 2.11 bits per heavy atom. The molecule has 0 atom stereocenters. The van der Waals surface area contributed by atoms with Crippen LogP contribution >= 0.6 is 0 Å². The van der Waals surface area contributed by atoms with Crippen molar-refractivity contribution in [2.75, 3.05) is 20.3 Å². The van der Waals surface area contributed by atoms with E-state index in [0.29, 0.717) is 32.5 Å². The smallest absolute Gasteiger partial charge is 0.310 e. The molecule has 0 amide bonds. The van der Waals surface area contributed by atoms with E-state index < -0.39 is 11.4 Å². The molecule has 1 aromatic rings. The van der Waals surface area contributed by atoms with E-state index in [0.717, 1.165) is 16.9 Å². The lowest BCUT2D eigenvalue weighted by atomic mass is 9.75. The molecule has 1 saturated heterocycles. The molecule has 0 aliphatic carbocycles. The van der Waals surface area contributed by atoms with Crippen molar-refractivity contribution in [1.29, 1.82) is 0 Å². The molecule has 1 aliphatic rings. The second-order valence-corrected chi connectivity index (χ2v) is 5.19. The van der Waals surface area contributed by atoms with Crippen LogP contribution in [0, 0.1) is 12.3 Å². The van der Waals surface area contributed by atoms with Crippen LogP contribution in [0.25, 0.3) is 0 Å². The molecule has 0 unspecified atom stereocenters. The van der Waals surface area contributed by atoms with Gasteiger partial charge < -0.3 is 14.6 Å². The predicted molar refractivity (Wildman–Crippen MR) is 71.6 cm³/mol. The second kappa shape index (κ2) is 5.61. The lowest BCUT2D eigenvalue weighted by molar-refractivity contribution is -0.154. The zero-order valence-electron chi connectivity index (χ0n) is 11.4. The molecule has 4 nitrogen and oxygen atoms in total. The van der Waals surface area contributed by atoms with Crippen LogP contribution in [-0.4, -0.2) is 31.4 Å². The molecule has 1 heterocycles. The van der Waals surface area contributed by atoms with Gasteiger partial charge in [0.25, 0.3) is 0 Å². The van der Waals surface area contributed by atoms with Crippen LogP contribution in [0.1, 0.15) is 24.0 Å². The van der Waals surface area contributed by atoms with Gasteiger partial charge in [0.1, 0.15) is 5.75 Å². The number of ether oxygens (including phenoxy) is 2. The summed E-state index contributed by atoms with van der Waals surface area (Å²) < 4.78 is 10.6. The first kappa shape index (κ1) is 13.9. The second-order valence-electron chi connectivity index (χ2n) is 5.19. The number of carboxylic acid groups (broad SMARTS) is 1. The zero-order chi connectivity index (χ0) is 13.9. The summed E-state index contributed by atoms with van der Waals surface area (Å²) in [4.78, 5) is 11.7. The molecule has 1 fully saturated rings. The van der Waals surface area contributed by atoms with E-state index in [1.54, 1.807) is 7.11 Å². The summed E-state index contributed by atoms with van der Waals surface area (Å²) in [7, 11) is 1.62. The van der Waals surface area contributed by atoms with Gasteiger partial charge in [-0.15, -0.1) is 0 Å². The fourth-order valence-electron chi connectivity index (χ4n) is 2.64. The third-order valence-corrected chi connectivity index (χ3v) is 3.87. The first-order valence-corrected chi connectivity index (χ1v) is 6.52. The van der Waals surface area contributed by atoms with Crippen LogP contribution < -0.4 is 4.74 Å². The minimum atomic E-state index is -0.737. The maximum absolute atomic E-state index is 11.7. The molecule has 1 aromatic carbocycles. The fraction of sp³-hybridized carbons (Fsp3) is 0.533. The average molecular weight is 264 g/mol. The quantitative estimate of drug-likeness (QED) is 0.907. The van der Waals surface area contributed by atoms with E-state index in [2.05, 4.69) is 0 Å². The Labute approximate surface area is 113 Å². The van der Waals surface area contributed by atoms with Crippen molar-refractivity contribution in [3.63, 3.8) is 0 Å². The molecule has 0 radical (unpaired) electrons. The molecule has 0 spiro atoms. The lowest BCUT2D eigenvalue weighted by Gasteiger charge is -2.33. The van der Waals surface area contributed by atoms with Gasteiger partial charge >= 0.3 is 5.97 Å². The number of benzene rings is 1. The van der Waals surface area contributed by atoms with Crippen molar-refractivity contribution in [2.45, 2.75) is 26.2 Å². The Bertz CT molecular complexity index is 461. The van der Waals surface area contributed by atoms with Crippen molar-refractivity contribution in [3.8, 4) is 5.75 Å². The first-order chi connectivity index (χ1) is 9.07. The molecule has 0 aromatic heterocycles. The van der Waals surface area contributed by atoms with E-state index in [-0.39, 0.29) is 0 Å². The van der Waals surface area contributed by atoms with Crippen molar-refractivity contribution in [3.05, 3.63) is 29.3 Å². The van der Waals surface area contributed by atoms with Crippen LogP contribution in [0.15, 0.2) is 18.2 Å².